The zero-order valence-corrected chi connectivity index (χ0v) is 10.3. The van der Waals surface area contributed by atoms with E-state index < -0.39 is 17.4 Å². The van der Waals surface area contributed by atoms with Crippen LogP contribution in [0.4, 0.5) is 8.78 Å². The number of ketones is 1. The second-order valence-electron chi connectivity index (χ2n) is 3.92. The summed E-state index contributed by atoms with van der Waals surface area (Å²) in [4.78, 5) is 12.1. The molecule has 2 aromatic rings. The van der Waals surface area contributed by atoms with Crippen LogP contribution in [0.25, 0.3) is 0 Å². The Kier molecular flexibility index (Phi) is 3.43. The van der Waals surface area contributed by atoms with E-state index in [2.05, 4.69) is 0 Å². The summed E-state index contributed by atoms with van der Waals surface area (Å²) in [6.07, 6.45) is 0. The number of aryl methyl sites for hydroxylation is 1. The van der Waals surface area contributed by atoms with Gasteiger partial charge in [-0.3, -0.25) is 4.79 Å². The molecule has 4 heteroatoms. The van der Waals surface area contributed by atoms with Crippen molar-refractivity contribution in [3.8, 4) is 0 Å². The Morgan fingerprint density at radius 1 is 1.17 bits per heavy atom. The fourth-order valence-electron chi connectivity index (χ4n) is 1.62. The lowest BCUT2D eigenvalue weighted by Gasteiger charge is -2.06. The zero-order valence-electron chi connectivity index (χ0n) is 9.51. The van der Waals surface area contributed by atoms with Gasteiger partial charge in [-0.1, -0.05) is 23.7 Å². The molecule has 0 saturated heterocycles. The second kappa shape index (κ2) is 4.86. The predicted octanol–water partition coefficient (Wildman–Crippen LogP) is 4.16. The van der Waals surface area contributed by atoms with E-state index in [9.17, 15) is 13.6 Å². The van der Waals surface area contributed by atoms with Gasteiger partial charge in [-0.25, -0.2) is 8.78 Å². The van der Waals surface area contributed by atoms with Crippen LogP contribution in [0.15, 0.2) is 36.4 Å². The SMILES string of the molecule is Cc1cc(C(=O)c2cccc(F)c2)c(Cl)cc1F. The summed E-state index contributed by atoms with van der Waals surface area (Å²) in [5, 5.41) is 0.0207. The molecule has 2 rings (SSSR count). The van der Waals surface area contributed by atoms with Gasteiger partial charge in [0.1, 0.15) is 11.6 Å². The molecule has 0 saturated carbocycles. The fraction of sp³-hybridized carbons (Fsp3) is 0.0714. The molecule has 18 heavy (non-hydrogen) atoms. The van der Waals surface area contributed by atoms with Gasteiger partial charge >= 0.3 is 0 Å². The maximum atomic E-state index is 13.2. The van der Waals surface area contributed by atoms with E-state index in [0.717, 1.165) is 12.1 Å². The summed E-state index contributed by atoms with van der Waals surface area (Å²) in [7, 11) is 0. The maximum absolute atomic E-state index is 13.2. The number of hydrogen-bond donors (Lipinski definition) is 0. The van der Waals surface area contributed by atoms with E-state index in [1.165, 1.54) is 31.2 Å². The summed E-state index contributed by atoms with van der Waals surface area (Å²) in [5.74, 6) is -1.41. The van der Waals surface area contributed by atoms with E-state index in [1.54, 1.807) is 0 Å². The molecule has 0 aliphatic heterocycles. The number of rotatable bonds is 2. The first kappa shape index (κ1) is 12.7. The molecule has 0 unspecified atom stereocenters. The van der Waals surface area contributed by atoms with Gasteiger partial charge in [-0.2, -0.15) is 0 Å². The van der Waals surface area contributed by atoms with E-state index >= 15 is 0 Å². The van der Waals surface area contributed by atoms with Crippen LogP contribution in [0.3, 0.4) is 0 Å². The molecule has 0 N–H and O–H groups in total. The first-order chi connectivity index (χ1) is 8.49. The average Bonchev–Trinajstić information content (AvgIpc) is 2.33. The molecular formula is C14H9ClF2O. The maximum Gasteiger partial charge on any atom is 0.194 e. The number of hydrogen-bond acceptors (Lipinski definition) is 1. The summed E-state index contributed by atoms with van der Waals surface area (Å²) in [6.45, 7) is 1.54. The van der Waals surface area contributed by atoms with Crippen LogP contribution in [0, 0.1) is 18.6 Å². The molecular weight excluding hydrogens is 258 g/mol. The van der Waals surface area contributed by atoms with Crippen molar-refractivity contribution in [3.05, 3.63) is 69.7 Å². The largest absolute Gasteiger partial charge is 0.289 e. The van der Waals surface area contributed by atoms with Crippen molar-refractivity contribution in [3.63, 3.8) is 0 Å². The van der Waals surface area contributed by atoms with Crippen LogP contribution >= 0.6 is 11.6 Å². The van der Waals surface area contributed by atoms with Crippen molar-refractivity contribution in [2.75, 3.05) is 0 Å². The average molecular weight is 267 g/mol. The van der Waals surface area contributed by atoms with Gasteiger partial charge in [0.15, 0.2) is 5.78 Å². The monoisotopic (exact) mass is 266 g/mol. The van der Waals surface area contributed by atoms with Crippen molar-refractivity contribution in [2.24, 2.45) is 0 Å². The molecule has 0 amide bonds. The normalized spacial score (nSPS) is 10.4. The van der Waals surface area contributed by atoms with E-state index in [1.807, 2.05) is 0 Å². The minimum Gasteiger partial charge on any atom is -0.289 e. The highest BCUT2D eigenvalue weighted by Gasteiger charge is 2.15. The molecule has 1 nitrogen and oxygen atoms in total. The molecule has 0 aromatic heterocycles. The minimum absolute atomic E-state index is 0.0207. The molecule has 2 aromatic carbocycles. The Morgan fingerprint density at radius 2 is 1.89 bits per heavy atom. The second-order valence-corrected chi connectivity index (χ2v) is 4.33. The molecule has 0 spiro atoms. The van der Waals surface area contributed by atoms with E-state index in [4.69, 9.17) is 11.6 Å². The van der Waals surface area contributed by atoms with Crippen molar-refractivity contribution < 1.29 is 13.6 Å². The molecule has 92 valence electrons. The summed E-state index contributed by atoms with van der Waals surface area (Å²) < 4.78 is 26.3. The highest BCUT2D eigenvalue weighted by Crippen LogP contribution is 2.23. The summed E-state index contributed by atoms with van der Waals surface area (Å²) in [5.41, 5.74) is 0.670. The lowest BCUT2D eigenvalue weighted by molar-refractivity contribution is 0.103. The summed E-state index contributed by atoms with van der Waals surface area (Å²) >= 11 is 5.83. The van der Waals surface area contributed by atoms with Gasteiger partial charge < -0.3 is 0 Å². The highest BCUT2D eigenvalue weighted by molar-refractivity contribution is 6.35. The lowest BCUT2D eigenvalue weighted by atomic mass is 10.0. The lowest BCUT2D eigenvalue weighted by Crippen LogP contribution is -2.04. The molecule has 0 radical (unpaired) electrons. The zero-order chi connectivity index (χ0) is 13.3. The Hall–Kier alpha value is -1.74. The van der Waals surface area contributed by atoms with Crippen molar-refractivity contribution >= 4 is 17.4 Å². The molecule has 0 atom stereocenters. The number of carbonyl (C=O) groups excluding carboxylic acids is 1. The van der Waals surface area contributed by atoms with Gasteiger partial charge in [-0.15, -0.1) is 0 Å². The Morgan fingerprint density at radius 3 is 2.56 bits per heavy atom. The van der Waals surface area contributed by atoms with E-state index in [0.29, 0.717) is 5.56 Å². The van der Waals surface area contributed by atoms with Crippen LogP contribution in [0.1, 0.15) is 21.5 Å². The minimum atomic E-state index is -0.504. The smallest absolute Gasteiger partial charge is 0.194 e. The Bertz CT molecular complexity index is 623. The third-order valence-electron chi connectivity index (χ3n) is 2.58. The molecule has 0 bridgehead atoms. The highest BCUT2D eigenvalue weighted by atomic mass is 35.5. The first-order valence-electron chi connectivity index (χ1n) is 5.25. The van der Waals surface area contributed by atoms with Gasteiger partial charge in [-0.05, 0) is 36.8 Å². The Labute approximate surface area is 108 Å². The van der Waals surface area contributed by atoms with E-state index in [-0.39, 0.29) is 16.1 Å². The predicted molar refractivity (Wildman–Crippen MR) is 66.0 cm³/mol. The molecule has 0 heterocycles. The van der Waals surface area contributed by atoms with Gasteiger partial charge in [0.25, 0.3) is 0 Å². The van der Waals surface area contributed by atoms with Gasteiger partial charge in [0, 0.05) is 11.1 Å². The van der Waals surface area contributed by atoms with Gasteiger partial charge in [0.05, 0.1) is 5.02 Å². The number of halogens is 3. The third-order valence-corrected chi connectivity index (χ3v) is 2.89. The quantitative estimate of drug-likeness (QED) is 0.746. The first-order valence-corrected chi connectivity index (χ1v) is 5.63. The van der Waals surface area contributed by atoms with Crippen LogP contribution in [-0.4, -0.2) is 5.78 Å². The standard InChI is InChI=1S/C14H9ClF2O/c1-8-5-11(12(15)7-13(8)17)14(18)9-3-2-4-10(16)6-9/h2-7H,1H3. The van der Waals surface area contributed by atoms with Crippen molar-refractivity contribution in [1.29, 1.82) is 0 Å². The third kappa shape index (κ3) is 2.41. The topological polar surface area (TPSA) is 17.1 Å². The van der Waals surface area contributed by atoms with Crippen LogP contribution in [-0.2, 0) is 0 Å². The summed E-state index contributed by atoms with van der Waals surface area (Å²) in [6, 6.07) is 7.74. The van der Waals surface area contributed by atoms with Crippen LogP contribution in [0.2, 0.25) is 5.02 Å². The number of benzene rings is 2. The van der Waals surface area contributed by atoms with Gasteiger partial charge in [0.2, 0.25) is 0 Å². The van der Waals surface area contributed by atoms with Crippen molar-refractivity contribution in [1.82, 2.24) is 0 Å². The van der Waals surface area contributed by atoms with Crippen LogP contribution in [0.5, 0.6) is 0 Å². The fourth-order valence-corrected chi connectivity index (χ4v) is 1.85. The van der Waals surface area contributed by atoms with Crippen LogP contribution < -0.4 is 0 Å². The van der Waals surface area contributed by atoms with Crippen molar-refractivity contribution in [2.45, 2.75) is 6.92 Å². The Balaban J connectivity index is 2.49. The number of carbonyl (C=O) groups is 1. The molecule has 0 aliphatic carbocycles. The molecule has 0 fully saturated rings. The molecule has 0 aliphatic rings.